The molecule has 0 amide bonds. The van der Waals surface area contributed by atoms with Crippen LogP contribution in [0.15, 0.2) is 34.4 Å². The van der Waals surface area contributed by atoms with E-state index < -0.39 is 15.5 Å². The first-order valence-corrected chi connectivity index (χ1v) is 5.69. The number of nitrogens with one attached hydrogen (secondary N) is 1. The van der Waals surface area contributed by atoms with Crippen molar-refractivity contribution in [2.45, 2.75) is 20.8 Å². The molecule has 1 aromatic rings. The van der Waals surface area contributed by atoms with Gasteiger partial charge in [-0.3, -0.25) is 25.7 Å². The van der Waals surface area contributed by atoms with Crippen LogP contribution in [0.25, 0.3) is 0 Å². The van der Waals surface area contributed by atoms with E-state index in [4.69, 9.17) is 0 Å². The minimum Gasteiger partial charge on any atom is -0.272 e. The van der Waals surface area contributed by atoms with Gasteiger partial charge in [0, 0.05) is 6.07 Å². The van der Waals surface area contributed by atoms with E-state index in [0.717, 1.165) is 17.2 Å². The van der Waals surface area contributed by atoms with E-state index in [0.29, 0.717) is 0 Å². The van der Waals surface area contributed by atoms with Crippen molar-refractivity contribution < 1.29 is 9.85 Å². The summed E-state index contributed by atoms with van der Waals surface area (Å²) >= 11 is 0. The molecule has 0 aromatic heterocycles. The first-order valence-electron chi connectivity index (χ1n) is 5.69. The van der Waals surface area contributed by atoms with Gasteiger partial charge in [-0.15, -0.1) is 0 Å². The third kappa shape index (κ3) is 3.87. The zero-order valence-electron chi connectivity index (χ0n) is 11.3. The minimum absolute atomic E-state index is 0.0957. The van der Waals surface area contributed by atoms with E-state index in [1.165, 1.54) is 18.3 Å². The Hall–Kier alpha value is -2.77. The van der Waals surface area contributed by atoms with Gasteiger partial charge in [-0.2, -0.15) is 5.10 Å². The van der Waals surface area contributed by atoms with Crippen LogP contribution in [0.2, 0.25) is 0 Å². The first-order chi connectivity index (χ1) is 9.32. The van der Waals surface area contributed by atoms with Crippen LogP contribution in [-0.2, 0) is 0 Å². The third-order valence-corrected chi connectivity index (χ3v) is 2.62. The van der Waals surface area contributed by atoms with Crippen LogP contribution >= 0.6 is 0 Å². The summed E-state index contributed by atoms with van der Waals surface area (Å²) in [5, 5.41) is 25.3. The van der Waals surface area contributed by atoms with E-state index in [9.17, 15) is 20.2 Å². The van der Waals surface area contributed by atoms with Crippen LogP contribution in [0, 0.1) is 20.2 Å². The molecule has 0 aliphatic rings. The standard InChI is InChI=1S/C12H14N4O4/c1-8(2)9(3)7-13-14-11-5-4-10(15(17)18)6-12(11)16(19)20/h4-7,14H,1-3H3. The summed E-state index contributed by atoms with van der Waals surface area (Å²) in [5.74, 6) is 0. The van der Waals surface area contributed by atoms with Crippen molar-refractivity contribution in [2.24, 2.45) is 5.10 Å². The van der Waals surface area contributed by atoms with E-state index >= 15 is 0 Å². The number of hydrogen-bond acceptors (Lipinski definition) is 6. The molecule has 0 atom stereocenters. The number of anilines is 1. The average molecular weight is 278 g/mol. The van der Waals surface area contributed by atoms with Gasteiger partial charge in [-0.25, -0.2) is 0 Å². The average Bonchev–Trinajstić information content (AvgIpc) is 2.38. The second-order valence-corrected chi connectivity index (χ2v) is 4.27. The van der Waals surface area contributed by atoms with E-state index in [-0.39, 0.29) is 11.4 Å². The number of nitro benzene ring substituents is 2. The lowest BCUT2D eigenvalue weighted by Crippen LogP contribution is -1.98. The highest BCUT2D eigenvalue weighted by molar-refractivity contribution is 5.79. The molecule has 106 valence electrons. The van der Waals surface area contributed by atoms with E-state index in [1.54, 1.807) is 0 Å². The van der Waals surface area contributed by atoms with E-state index in [1.807, 2.05) is 20.8 Å². The molecule has 1 aromatic carbocycles. The molecular weight excluding hydrogens is 264 g/mol. The van der Waals surface area contributed by atoms with Gasteiger partial charge in [0.2, 0.25) is 0 Å². The summed E-state index contributed by atoms with van der Waals surface area (Å²) in [4.78, 5) is 20.1. The first kappa shape index (κ1) is 15.3. The minimum atomic E-state index is -0.696. The van der Waals surface area contributed by atoms with Crippen molar-refractivity contribution in [3.8, 4) is 0 Å². The smallest absolute Gasteiger partial charge is 0.272 e. The second-order valence-electron chi connectivity index (χ2n) is 4.27. The number of non-ortho nitro benzene ring substituents is 1. The topological polar surface area (TPSA) is 111 Å². The van der Waals surface area contributed by atoms with Crippen LogP contribution in [0.3, 0.4) is 0 Å². The molecule has 0 radical (unpaired) electrons. The molecule has 0 unspecified atom stereocenters. The molecule has 0 spiro atoms. The van der Waals surface area contributed by atoms with Crippen molar-refractivity contribution in [3.63, 3.8) is 0 Å². The SMILES string of the molecule is CC(C)=C(C)C=NNc1ccc([N+](=O)[O-])cc1[N+](=O)[O-]. The predicted molar refractivity (Wildman–Crippen MR) is 75.9 cm³/mol. The van der Waals surface area contributed by atoms with Crippen LogP contribution < -0.4 is 5.43 Å². The Morgan fingerprint density at radius 2 is 1.85 bits per heavy atom. The van der Waals surface area contributed by atoms with Gasteiger partial charge in [0.25, 0.3) is 5.69 Å². The molecule has 1 N–H and O–H groups in total. The fraction of sp³-hybridized carbons (Fsp3) is 0.250. The number of hydrogen-bond donors (Lipinski definition) is 1. The fourth-order valence-electron chi connectivity index (χ4n) is 1.21. The molecule has 0 fully saturated rings. The maximum Gasteiger partial charge on any atom is 0.301 e. The van der Waals surface area contributed by atoms with E-state index in [2.05, 4.69) is 10.5 Å². The number of hydrazone groups is 1. The summed E-state index contributed by atoms with van der Waals surface area (Å²) in [5.41, 5.74) is 3.86. The van der Waals surface area contributed by atoms with Gasteiger partial charge < -0.3 is 0 Å². The van der Waals surface area contributed by atoms with Crippen molar-refractivity contribution in [3.05, 3.63) is 49.6 Å². The monoisotopic (exact) mass is 278 g/mol. The Labute approximate surface area is 115 Å². The van der Waals surface area contributed by atoms with Crippen molar-refractivity contribution in [1.82, 2.24) is 0 Å². The number of allylic oxidation sites excluding steroid dienone is 2. The number of nitrogens with zero attached hydrogens (tertiary/aromatic N) is 3. The Morgan fingerprint density at radius 1 is 1.20 bits per heavy atom. The summed E-state index contributed by atoms with van der Waals surface area (Å²) in [6.45, 7) is 5.68. The molecule has 8 heteroatoms. The van der Waals surface area contributed by atoms with Crippen molar-refractivity contribution in [1.29, 1.82) is 0 Å². The van der Waals surface area contributed by atoms with Crippen LogP contribution in [0.1, 0.15) is 20.8 Å². The van der Waals surface area contributed by atoms with Gasteiger partial charge in [0.05, 0.1) is 22.1 Å². The molecule has 8 nitrogen and oxygen atoms in total. The van der Waals surface area contributed by atoms with Crippen molar-refractivity contribution in [2.75, 3.05) is 5.43 Å². The quantitative estimate of drug-likeness (QED) is 0.504. The molecular formula is C12H14N4O4. The Balaban J connectivity index is 3.04. The molecule has 1 rings (SSSR count). The predicted octanol–water partition coefficient (Wildman–Crippen LogP) is 3.26. The lowest BCUT2D eigenvalue weighted by atomic mass is 10.2. The summed E-state index contributed by atoms with van der Waals surface area (Å²) < 4.78 is 0. The largest absolute Gasteiger partial charge is 0.301 e. The van der Waals surface area contributed by atoms with Gasteiger partial charge in [0.1, 0.15) is 5.69 Å². The highest BCUT2D eigenvalue weighted by Crippen LogP contribution is 2.28. The number of benzene rings is 1. The third-order valence-electron chi connectivity index (χ3n) is 2.62. The zero-order valence-corrected chi connectivity index (χ0v) is 11.3. The lowest BCUT2D eigenvalue weighted by Gasteiger charge is -2.02. The number of rotatable bonds is 5. The maximum absolute atomic E-state index is 10.9. The van der Waals surface area contributed by atoms with Crippen LogP contribution in [0.4, 0.5) is 17.1 Å². The lowest BCUT2D eigenvalue weighted by molar-refractivity contribution is -0.393. The molecule has 20 heavy (non-hydrogen) atoms. The Bertz CT molecular complexity index is 603. The fourth-order valence-corrected chi connectivity index (χ4v) is 1.21. The number of nitro groups is 2. The Kier molecular flexibility index (Phi) is 4.90. The Morgan fingerprint density at radius 3 is 2.35 bits per heavy atom. The highest BCUT2D eigenvalue weighted by atomic mass is 16.6. The zero-order chi connectivity index (χ0) is 15.3. The summed E-state index contributed by atoms with van der Waals surface area (Å²) in [7, 11) is 0. The van der Waals surface area contributed by atoms with Gasteiger partial charge >= 0.3 is 5.69 Å². The molecule has 0 bridgehead atoms. The van der Waals surface area contributed by atoms with Crippen LogP contribution in [0.5, 0.6) is 0 Å². The van der Waals surface area contributed by atoms with Crippen LogP contribution in [-0.4, -0.2) is 16.1 Å². The molecule has 0 saturated heterocycles. The normalized spacial score (nSPS) is 10.3. The molecule has 0 heterocycles. The van der Waals surface area contributed by atoms with Crippen molar-refractivity contribution >= 4 is 23.3 Å². The van der Waals surface area contributed by atoms with Gasteiger partial charge in [0.15, 0.2) is 0 Å². The molecule has 0 saturated carbocycles. The summed E-state index contributed by atoms with van der Waals surface area (Å²) in [6.07, 6.45) is 1.53. The maximum atomic E-state index is 10.9. The second kappa shape index (κ2) is 6.41. The molecule has 0 aliphatic carbocycles. The summed E-state index contributed by atoms with van der Waals surface area (Å²) in [6, 6.07) is 3.33. The van der Waals surface area contributed by atoms with Gasteiger partial charge in [-0.1, -0.05) is 5.57 Å². The van der Waals surface area contributed by atoms with Gasteiger partial charge in [-0.05, 0) is 32.4 Å². The highest BCUT2D eigenvalue weighted by Gasteiger charge is 2.18. The molecule has 0 aliphatic heterocycles.